The van der Waals surface area contributed by atoms with Gasteiger partial charge in [-0.1, -0.05) is 6.07 Å². The van der Waals surface area contributed by atoms with Crippen LogP contribution >= 0.6 is 0 Å². The maximum Gasteiger partial charge on any atom is 0.140 e. The largest absolute Gasteiger partial charge is 0.494 e. The van der Waals surface area contributed by atoms with Crippen LogP contribution in [-0.4, -0.2) is 22.5 Å². The van der Waals surface area contributed by atoms with Crippen LogP contribution in [0.2, 0.25) is 0 Å². The fourth-order valence-electron chi connectivity index (χ4n) is 2.74. The molecule has 0 atom stereocenters. The zero-order chi connectivity index (χ0) is 15.5. The molecule has 0 aliphatic heterocycles. The van der Waals surface area contributed by atoms with E-state index in [0.717, 1.165) is 40.3 Å². The number of hydrogen-bond acceptors (Lipinski definition) is 3. The van der Waals surface area contributed by atoms with Gasteiger partial charge in [0, 0.05) is 18.2 Å². The maximum atomic E-state index is 5.76. The van der Waals surface area contributed by atoms with Gasteiger partial charge in [-0.3, -0.25) is 4.40 Å². The lowest BCUT2D eigenvalue weighted by atomic mass is 10.1. The number of hydrogen-bond donors (Lipinski definition) is 1. The maximum absolute atomic E-state index is 5.76. The van der Waals surface area contributed by atoms with Gasteiger partial charge in [-0.25, -0.2) is 4.98 Å². The normalized spacial score (nSPS) is 11.0. The van der Waals surface area contributed by atoms with Crippen LogP contribution in [0.15, 0.2) is 42.6 Å². The lowest BCUT2D eigenvalue weighted by Gasteiger charge is -2.07. The molecule has 2 N–H and O–H groups in total. The second-order valence-corrected chi connectivity index (χ2v) is 5.29. The van der Waals surface area contributed by atoms with Crippen LogP contribution in [0.4, 0.5) is 0 Å². The molecular formula is C18H21N3O. The van der Waals surface area contributed by atoms with E-state index in [4.69, 9.17) is 15.5 Å². The average Bonchev–Trinajstić information content (AvgIpc) is 2.89. The number of fused-ring (bicyclic) bond motifs is 1. The van der Waals surface area contributed by atoms with Crippen molar-refractivity contribution in [3.8, 4) is 17.0 Å². The third kappa shape index (κ3) is 2.57. The summed E-state index contributed by atoms with van der Waals surface area (Å²) >= 11 is 0. The minimum Gasteiger partial charge on any atom is -0.494 e. The summed E-state index contributed by atoms with van der Waals surface area (Å²) in [6, 6.07) is 12.3. The van der Waals surface area contributed by atoms with Gasteiger partial charge in [0.05, 0.1) is 18.0 Å². The van der Waals surface area contributed by atoms with Crippen molar-refractivity contribution >= 4 is 5.65 Å². The van der Waals surface area contributed by atoms with Crippen molar-refractivity contribution in [2.24, 2.45) is 5.73 Å². The Morgan fingerprint density at radius 2 is 1.95 bits per heavy atom. The van der Waals surface area contributed by atoms with Crippen LogP contribution in [-0.2, 0) is 6.42 Å². The molecule has 4 nitrogen and oxygen atoms in total. The fraction of sp³-hybridized carbons (Fsp3) is 0.278. The third-order valence-corrected chi connectivity index (χ3v) is 3.74. The van der Waals surface area contributed by atoms with Crippen molar-refractivity contribution in [3.63, 3.8) is 0 Å². The predicted octanol–water partition coefficient (Wildman–Crippen LogP) is 3.21. The molecule has 0 spiro atoms. The monoisotopic (exact) mass is 295 g/mol. The van der Waals surface area contributed by atoms with Crippen molar-refractivity contribution in [2.75, 3.05) is 13.2 Å². The molecule has 0 saturated carbocycles. The summed E-state index contributed by atoms with van der Waals surface area (Å²) in [5, 5.41) is 0. The van der Waals surface area contributed by atoms with Crippen LogP contribution in [0.1, 0.15) is 18.2 Å². The van der Waals surface area contributed by atoms with Gasteiger partial charge in [0.15, 0.2) is 0 Å². The minimum absolute atomic E-state index is 0.590. The van der Waals surface area contributed by atoms with E-state index in [2.05, 4.69) is 35.7 Å². The highest BCUT2D eigenvalue weighted by Gasteiger charge is 2.14. The highest BCUT2D eigenvalue weighted by atomic mass is 16.5. The molecule has 3 aromatic rings. The molecule has 0 aliphatic rings. The Morgan fingerprint density at radius 3 is 2.64 bits per heavy atom. The Labute approximate surface area is 130 Å². The lowest BCUT2D eigenvalue weighted by molar-refractivity contribution is 0.340. The van der Waals surface area contributed by atoms with Crippen LogP contribution in [0.25, 0.3) is 16.9 Å². The first-order chi connectivity index (χ1) is 10.7. The topological polar surface area (TPSA) is 52.5 Å². The first-order valence-corrected chi connectivity index (χ1v) is 7.64. The second-order valence-electron chi connectivity index (χ2n) is 5.29. The molecule has 0 bridgehead atoms. The number of aromatic nitrogens is 2. The molecule has 0 aliphatic carbocycles. The van der Waals surface area contributed by atoms with Crippen molar-refractivity contribution < 1.29 is 4.74 Å². The van der Waals surface area contributed by atoms with E-state index in [0.29, 0.717) is 13.2 Å². The Morgan fingerprint density at radius 1 is 1.18 bits per heavy atom. The molecule has 4 heteroatoms. The highest BCUT2D eigenvalue weighted by molar-refractivity contribution is 5.69. The highest BCUT2D eigenvalue weighted by Crippen LogP contribution is 2.28. The molecular weight excluding hydrogens is 274 g/mol. The van der Waals surface area contributed by atoms with E-state index in [1.807, 2.05) is 25.1 Å². The summed E-state index contributed by atoms with van der Waals surface area (Å²) in [4.78, 5) is 4.79. The van der Waals surface area contributed by atoms with Crippen molar-refractivity contribution in [2.45, 2.75) is 20.3 Å². The number of aryl methyl sites for hydroxylation is 1. The summed E-state index contributed by atoms with van der Waals surface area (Å²) in [7, 11) is 0. The SMILES string of the molecule is CCOc1ccc(-c2c(CCN)nc3c(C)cccn23)cc1. The van der Waals surface area contributed by atoms with E-state index >= 15 is 0 Å². The summed E-state index contributed by atoms with van der Waals surface area (Å²) in [6.45, 7) is 5.33. The first kappa shape index (κ1) is 14.6. The summed E-state index contributed by atoms with van der Waals surface area (Å²) < 4.78 is 7.67. The predicted molar refractivity (Wildman–Crippen MR) is 89.3 cm³/mol. The Hall–Kier alpha value is -2.33. The van der Waals surface area contributed by atoms with Crippen LogP contribution < -0.4 is 10.5 Å². The van der Waals surface area contributed by atoms with Crippen molar-refractivity contribution in [1.29, 1.82) is 0 Å². The molecule has 114 valence electrons. The van der Waals surface area contributed by atoms with Gasteiger partial charge in [0.25, 0.3) is 0 Å². The van der Waals surface area contributed by atoms with E-state index in [1.54, 1.807) is 0 Å². The smallest absolute Gasteiger partial charge is 0.140 e. The average molecular weight is 295 g/mol. The van der Waals surface area contributed by atoms with Crippen LogP contribution in [0.3, 0.4) is 0 Å². The summed E-state index contributed by atoms with van der Waals surface area (Å²) in [5.74, 6) is 0.886. The van der Waals surface area contributed by atoms with Crippen LogP contribution in [0.5, 0.6) is 5.75 Å². The standard InChI is InChI=1S/C18H21N3O/c1-3-22-15-8-6-14(7-9-15)17-16(10-11-19)20-18-13(2)5-4-12-21(17)18/h4-9,12H,3,10-11,19H2,1-2H3. The van der Waals surface area contributed by atoms with E-state index in [9.17, 15) is 0 Å². The Bertz CT molecular complexity index is 775. The van der Waals surface area contributed by atoms with Gasteiger partial charge in [0.2, 0.25) is 0 Å². The van der Waals surface area contributed by atoms with Gasteiger partial charge in [-0.05, 0) is 56.3 Å². The van der Waals surface area contributed by atoms with Gasteiger partial charge >= 0.3 is 0 Å². The molecule has 2 heterocycles. The Kier molecular flexibility index (Phi) is 4.11. The molecule has 0 amide bonds. The van der Waals surface area contributed by atoms with E-state index in [-0.39, 0.29) is 0 Å². The van der Waals surface area contributed by atoms with Gasteiger partial charge in [-0.15, -0.1) is 0 Å². The second kappa shape index (κ2) is 6.20. The number of nitrogens with zero attached hydrogens (tertiary/aromatic N) is 2. The summed E-state index contributed by atoms with van der Waals surface area (Å²) in [6.07, 6.45) is 2.82. The van der Waals surface area contributed by atoms with Crippen molar-refractivity contribution in [1.82, 2.24) is 9.38 Å². The number of imidazole rings is 1. The zero-order valence-electron chi connectivity index (χ0n) is 13.0. The molecule has 3 rings (SSSR count). The zero-order valence-corrected chi connectivity index (χ0v) is 13.0. The van der Waals surface area contributed by atoms with E-state index in [1.165, 1.54) is 0 Å². The third-order valence-electron chi connectivity index (χ3n) is 3.74. The molecule has 0 radical (unpaired) electrons. The molecule has 22 heavy (non-hydrogen) atoms. The number of ether oxygens (including phenoxy) is 1. The molecule has 1 aromatic carbocycles. The number of benzene rings is 1. The number of nitrogens with two attached hydrogens (primary N) is 1. The van der Waals surface area contributed by atoms with Crippen molar-refractivity contribution in [3.05, 3.63) is 53.9 Å². The molecule has 0 fully saturated rings. The molecule has 2 aromatic heterocycles. The van der Waals surface area contributed by atoms with Gasteiger partial charge < -0.3 is 10.5 Å². The quantitative estimate of drug-likeness (QED) is 0.786. The Balaban J connectivity index is 2.15. The number of rotatable bonds is 5. The lowest BCUT2D eigenvalue weighted by Crippen LogP contribution is -2.04. The fourth-order valence-corrected chi connectivity index (χ4v) is 2.74. The molecule has 0 saturated heterocycles. The minimum atomic E-state index is 0.590. The van der Waals surface area contributed by atoms with Gasteiger partial charge in [0.1, 0.15) is 11.4 Å². The first-order valence-electron chi connectivity index (χ1n) is 7.64. The number of pyridine rings is 1. The summed E-state index contributed by atoms with van der Waals surface area (Å²) in [5.41, 5.74) is 11.2. The van der Waals surface area contributed by atoms with Crippen LogP contribution in [0, 0.1) is 6.92 Å². The van der Waals surface area contributed by atoms with Gasteiger partial charge in [-0.2, -0.15) is 0 Å². The van der Waals surface area contributed by atoms with E-state index < -0.39 is 0 Å². The molecule has 0 unspecified atom stereocenters.